The number of urea groups is 1. The number of carbonyl (C=O) groups excluding carboxylic acids is 2. The van der Waals surface area contributed by atoms with Gasteiger partial charge >= 0.3 is 12.2 Å². The molecule has 1 saturated heterocycles. The molecule has 3 aromatic carbocycles. The predicted molar refractivity (Wildman–Crippen MR) is 127 cm³/mol. The standard InChI is InChI=1S/C26H24F3N3O4/c27-26(28,29)19-10-6-17(7-11-19)14-32-22(15-36-16-23(32)33)24(34)18-8-12-21(13-9-18)31-25(35)30-20-4-2-1-3-5-20/h1-13,22,24,34H,14-16H2,(H2,30,31,35). The van der Waals surface area contributed by atoms with Crippen molar-refractivity contribution in [3.8, 4) is 0 Å². The molecular formula is C26H24F3N3O4. The van der Waals surface area contributed by atoms with Crippen LogP contribution in [0.25, 0.3) is 0 Å². The van der Waals surface area contributed by atoms with Gasteiger partial charge in [-0.2, -0.15) is 13.2 Å². The lowest BCUT2D eigenvalue weighted by Gasteiger charge is -2.38. The van der Waals surface area contributed by atoms with E-state index in [-0.39, 0.29) is 25.7 Å². The van der Waals surface area contributed by atoms with Gasteiger partial charge in [-0.25, -0.2) is 4.79 Å². The normalized spacial score (nSPS) is 16.9. The third-order valence-electron chi connectivity index (χ3n) is 5.78. The highest BCUT2D eigenvalue weighted by Gasteiger charge is 2.35. The first-order chi connectivity index (χ1) is 17.2. The summed E-state index contributed by atoms with van der Waals surface area (Å²) in [6.07, 6.45) is -5.56. The first kappa shape index (κ1) is 25.2. The van der Waals surface area contributed by atoms with Gasteiger partial charge in [0.05, 0.1) is 18.2 Å². The van der Waals surface area contributed by atoms with E-state index in [1.54, 1.807) is 48.5 Å². The van der Waals surface area contributed by atoms with E-state index in [2.05, 4.69) is 10.6 Å². The lowest BCUT2D eigenvalue weighted by Crippen LogP contribution is -2.51. The van der Waals surface area contributed by atoms with Gasteiger partial charge in [0.2, 0.25) is 5.91 Å². The number of halogens is 3. The molecule has 0 bridgehead atoms. The van der Waals surface area contributed by atoms with E-state index in [1.807, 2.05) is 6.07 Å². The summed E-state index contributed by atoms with van der Waals surface area (Å²) in [5.41, 5.74) is 1.35. The number of alkyl halides is 3. The Kier molecular flexibility index (Phi) is 7.56. The summed E-state index contributed by atoms with van der Waals surface area (Å²) >= 11 is 0. The second kappa shape index (κ2) is 10.8. The number of carbonyl (C=O) groups is 2. The van der Waals surface area contributed by atoms with Gasteiger partial charge in [0.15, 0.2) is 0 Å². The Morgan fingerprint density at radius 2 is 1.58 bits per heavy atom. The first-order valence-electron chi connectivity index (χ1n) is 11.1. The molecule has 36 heavy (non-hydrogen) atoms. The van der Waals surface area contributed by atoms with Crippen LogP contribution in [-0.4, -0.2) is 41.2 Å². The van der Waals surface area contributed by atoms with E-state index in [9.17, 15) is 27.9 Å². The molecule has 3 amide bonds. The van der Waals surface area contributed by atoms with E-state index in [1.165, 1.54) is 17.0 Å². The lowest BCUT2D eigenvalue weighted by atomic mass is 9.99. The number of morpholine rings is 1. The maximum Gasteiger partial charge on any atom is 0.416 e. The van der Waals surface area contributed by atoms with Crippen LogP contribution in [0.2, 0.25) is 0 Å². The summed E-state index contributed by atoms with van der Waals surface area (Å²) in [6.45, 7) is -0.0857. The smallest absolute Gasteiger partial charge is 0.386 e. The number of rotatable bonds is 6. The number of ether oxygens (including phenoxy) is 1. The summed E-state index contributed by atoms with van der Waals surface area (Å²) < 4.78 is 43.9. The number of para-hydroxylation sites is 1. The van der Waals surface area contributed by atoms with Crippen LogP contribution in [0.4, 0.5) is 29.3 Å². The number of hydrogen-bond acceptors (Lipinski definition) is 4. The van der Waals surface area contributed by atoms with Gasteiger partial charge in [-0.3, -0.25) is 4.79 Å². The molecule has 0 spiro atoms. The van der Waals surface area contributed by atoms with Crippen LogP contribution in [0.1, 0.15) is 22.8 Å². The molecule has 1 heterocycles. The minimum Gasteiger partial charge on any atom is -0.386 e. The van der Waals surface area contributed by atoms with Gasteiger partial charge in [0, 0.05) is 17.9 Å². The average Bonchev–Trinajstić information content (AvgIpc) is 2.86. The zero-order valence-corrected chi connectivity index (χ0v) is 19.0. The summed E-state index contributed by atoms with van der Waals surface area (Å²) in [5, 5.41) is 16.4. The predicted octanol–water partition coefficient (Wildman–Crippen LogP) is 4.81. The molecule has 2 atom stereocenters. The number of aliphatic hydroxyl groups is 1. The summed E-state index contributed by atoms with van der Waals surface area (Å²) in [5.74, 6) is -0.374. The minimum atomic E-state index is -4.45. The van der Waals surface area contributed by atoms with E-state index in [0.29, 0.717) is 22.5 Å². The van der Waals surface area contributed by atoms with E-state index in [0.717, 1.165) is 12.1 Å². The lowest BCUT2D eigenvalue weighted by molar-refractivity contribution is -0.155. The molecule has 1 aliphatic heterocycles. The molecule has 0 aromatic heterocycles. The molecule has 1 fully saturated rings. The molecule has 0 aliphatic carbocycles. The van der Waals surface area contributed by atoms with Crippen LogP contribution in [-0.2, 0) is 22.3 Å². The van der Waals surface area contributed by atoms with Gasteiger partial charge in [0.1, 0.15) is 12.7 Å². The Hall–Kier alpha value is -3.89. The van der Waals surface area contributed by atoms with Crippen molar-refractivity contribution in [2.45, 2.75) is 24.9 Å². The van der Waals surface area contributed by atoms with Crippen molar-refractivity contribution in [2.75, 3.05) is 23.8 Å². The van der Waals surface area contributed by atoms with Crippen LogP contribution in [0.15, 0.2) is 78.9 Å². The Morgan fingerprint density at radius 1 is 0.972 bits per heavy atom. The molecule has 2 unspecified atom stereocenters. The highest BCUT2D eigenvalue weighted by Crippen LogP contribution is 2.30. The highest BCUT2D eigenvalue weighted by atomic mass is 19.4. The number of nitrogens with one attached hydrogen (secondary N) is 2. The second-order valence-electron chi connectivity index (χ2n) is 8.31. The number of nitrogens with zero attached hydrogens (tertiary/aromatic N) is 1. The fraction of sp³-hybridized carbons (Fsp3) is 0.231. The van der Waals surface area contributed by atoms with Gasteiger partial charge in [0.25, 0.3) is 0 Å². The largest absolute Gasteiger partial charge is 0.416 e. The Labute approximate surface area is 205 Å². The second-order valence-corrected chi connectivity index (χ2v) is 8.31. The van der Waals surface area contributed by atoms with E-state index in [4.69, 9.17) is 4.74 Å². The van der Waals surface area contributed by atoms with Crippen LogP contribution >= 0.6 is 0 Å². The fourth-order valence-corrected chi connectivity index (χ4v) is 3.89. The first-order valence-corrected chi connectivity index (χ1v) is 11.1. The van der Waals surface area contributed by atoms with Gasteiger partial charge < -0.3 is 25.4 Å². The number of anilines is 2. The number of hydrogen-bond donors (Lipinski definition) is 3. The van der Waals surface area contributed by atoms with Crippen molar-refractivity contribution in [3.05, 3.63) is 95.6 Å². The van der Waals surface area contributed by atoms with Gasteiger partial charge in [-0.05, 0) is 47.5 Å². The molecule has 7 nitrogen and oxygen atoms in total. The van der Waals surface area contributed by atoms with Crippen molar-refractivity contribution in [1.82, 2.24) is 4.90 Å². The van der Waals surface area contributed by atoms with Crippen molar-refractivity contribution >= 4 is 23.3 Å². The van der Waals surface area contributed by atoms with E-state index < -0.39 is 29.9 Å². The number of benzene rings is 3. The zero-order chi connectivity index (χ0) is 25.7. The molecule has 188 valence electrons. The average molecular weight is 499 g/mol. The summed E-state index contributed by atoms with van der Waals surface area (Å²) in [6, 6.07) is 18.8. The Bertz CT molecular complexity index is 1190. The minimum absolute atomic E-state index is 0.0291. The highest BCUT2D eigenvalue weighted by molar-refractivity contribution is 5.99. The molecule has 0 radical (unpaired) electrons. The SMILES string of the molecule is O=C(Nc1ccccc1)Nc1ccc(C(O)C2COCC(=O)N2Cc2ccc(C(F)(F)F)cc2)cc1. The molecule has 4 rings (SSSR count). The quantitative estimate of drug-likeness (QED) is 0.454. The Balaban J connectivity index is 1.42. The summed E-state index contributed by atoms with van der Waals surface area (Å²) in [7, 11) is 0. The van der Waals surface area contributed by atoms with Crippen LogP contribution < -0.4 is 10.6 Å². The maximum atomic E-state index is 12.9. The van der Waals surface area contributed by atoms with Crippen LogP contribution in [0.5, 0.6) is 0 Å². The monoisotopic (exact) mass is 499 g/mol. The van der Waals surface area contributed by atoms with Crippen LogP contribution in [0, 0.1) is 0 Å². The topological polar surface area (TPSA) is 90.9 Å². The van der Waals surface area contributed by atoms with Crippen LogP contribution in [0.3, 0.4) is 0 Å². The van der Waals surface area contributed by atoms with E-state index >= 15 is 0 Å². The van der Waals surface area contributed by atoms with Gasteiger partial charge in [-0.1, -0.05) is 42.5 Å². The van der Waals surface area contributed by atoms with Crippen molar-refractivity contribution in [3.63, 3.8) is 0 Å². The molecule has 10 heteroatoms. The van der Waals surface area contributed by atoms with Crippen molar-refractivity contribution in [1.29, 1.82) is 0 Å². The molecule has 3 aromatic rings. The van der Waals surface area contributed by atoms with Crippen molar-refractivity contribution < 1.29 is 32.6 Å². The fourth-order valence-electron chi connectivity index (χ4n) is 3.89. The third-order valence-corrected chi connectivity index (χ3v) is 5.78. The molecule has 3 N–H and O–H groups in total. The molecule has 0 saturated carbocycles. The zero-order valence-electron chi connectivity index (χ0n) is 19.0. The third kappa shape index (κ3) is 6.21. The molecule has 1 aliphatic rings. The van der Waals surface area contributed by atoms with Crippen molar-refractivity contribution in [2.24, 2.45) is 0 Å². The van der Waals surface area contributed by atoms with Gasteiger partial charge in [-0.15, -0.1) is 0 Å². The number of amides is 3. The maximum absolute atomic E-state index is 12.9. The number of aliphatic hydroxyl groups excluding tert-OH is 1. The summed E-state index contributed by atoms with van der Waals surface area (Å²) in [4.78, 5) is 26.1. The Morgan fingerprint density at radius 3 is 2.19 bits per heavy atom. The molecular weight excluding hydrogens is 475 g/mol.